The number of oxazole rings is 1. The SMILES string of the molecule is CCc1nc(-c2cccc(C#N)c2)oc1C(=O)O. The van der Waals surface area contributed by atoms with E-state index in [2.05, 4.69) is 4.98 Å². The van der Waals surface area contributed by atoms with E-state index in [1.165, 1.54) is 0 Å². The number of hydrogen-bond acceptors (Lipinski definition) is 4. The van der Waals surface area contributed by atoms with Gasteiger partial charge >= 0.3 is 5.97 Å². The van der Waals surface area contributed by atoms with Crippen LogP contribution in [0.3, 0.4) is 0 Å². The Morgan fingerprint density at radius 3 is 2.89 bits per heavy atom. The highest BCUT2D eigenvalue weighted by atomic mass is 16.4. The standard InChI is InChI=1S/C13H10N2O3/c1-2-10-11(13(16)17)18-12(15-10)9-5-3-4-8(6-9)7-14/h3-6H,2H2,1H3,(H,16,17). The van der Waals surface area contributed by atoms with Crippen molar-refractivity contribution in [1.82, 2.24) is 4.98 Å². The fourth-order valence-electron chi connectivity index (χ4n) is 1.60. The Labute approximate surface area is 103 Å². The molecule has 0 saturated heterocycles. The number of carbonyl (C=O) groups is 1. The number of nitrogens with zero attached hydrogens (tertiary/aromatic N) is 2. The lowest BCUT2D eigenvalue weighted by molar-refractivity contribution is 0.0662. The third-order valence-corrected chi connectivity index (χ3v) is 2.47. The first-order chi connectivity index (χ1) is 8.65. The Hall–Kier alpha value is -2.61. The van der Waals surface area contributed by atoms with Crippen molar-refractivity contribution >= 4 is 5.97 Å². The van der Waals surface area contributed by atoms with Gasteiger partial charge in [0.15, 0.2) is 0 Å². The number of hydrogen-bond donors (Lipinski definition) is 1. The molecule has 0 atom stereocenters. The number of aryl methyl sites for hydroxylation is 1. The minimum Gasteiger partial charge on any atom is -0.475 e. The summed E-state index contributed by atoms with van der Waals surface area (Å²) in [4.78, 5) is 15.1. The van der Waals surface area contributed by atoms with Gasteiger partial charge in [-0.15, -0.1) is 0 Å². The van der Waals surface area contributed by atoms with Crippen LogP contribution < -0.4 is 0 Å². The van der Waals surface area contributed by atoms with Gasteiger partial charge in [0.25, 0.3) is 0 Å². The second kappa shape index (κ2) is 4.72. The maximum atomic E-state index is 11.0. The molecule has 0 aliphatic rings. The summed E-state index contributed by atoms with van der Waals surface area (Å²) in [6, 6.07) is 8.69. The zero-order chi connectivity index (χ0) is 13.1. The topological polar surface area (TPSA) is 87.1 Å². The predicted molar refractivity (Wildman–Crippen MR) is 63.0 cm³/mol. The van der Waals surface area contributed by atoms with Gasteiger partial charge in [0.1, 0.15) is 0 Å². The molecule has 90 valence electrons. The van der Waals surface area contributed by atoms with Gasteiger partial charge in [0.05, 0.1) is 17.3 Å². The van der Waals surface area contributed by atoms with Crippen LogP contribution >= 0.6 is 0 Å². The molecule has 2 aromatic rings. The van der Waals surface area contributed by atoms with Crippen LogP contribution in [0, 0.1) is 11.3 Å². The number of aromatic carboxylic acids is 1. The first-order valence-electron chi connectivity index (χ1n) is 5.39. The molecule has 0 spiro atoms. The highest BCUT2D eigenvalue weighted by molar-refractivity contribution is 5.86. The molecule has 1 aromatic heterocycles. The summed E-state index contributed by atoms with van der Waals surface area (Å²) in [6.07, 6.45) is 0.475. The number of nitriles is 1. The lowest BCUT2D eigenvalue weighted by atomic mass is 10.1. The van der Waals surface area contributed by atoms with Gasteiger partial charge in [0.2, 0.25) is 11.7 Å². The van der Waals surface area contributed by atoms with Crippen molar-refractivity contribution in [3.05, 3.63) is 41.3 Å². The maximum Gasteiger partial charge on any atom is 0.373 e. The second-order valence-electron chi connectivity index (χ2n) is 3.65. The minimum atomic E-state index is -1.14. The van der Waals surface area contributed by atoms with Crippen LogP contribution in [-0.4, -0.2) is 16.1 Å². The fourth-order valence-corrected chi connectivity index (χ4v) is 1.60. The van der Waals surface area contributed by atoms with Crippen molar-refractivity contribution in [2.45, 2.75) is 13.3 Å². The first-order valence-corrected chi connectivity index (χ1v) is 5.39. The van der Waals surface area contributed by atoms with E-state index < -0.39 is 5.97 Å². The summed E-state index contributed by atoms with van der Waals surface area (Å²) >= 11 is 0. The second-order valence-corrected chi connectivity index (χ2v) is 3.65. The van der Waals surface area contributed by atoms with Gasteiger partial charge in [-0.25, -0.2) is 9.78 Å². The van der Waals surface area contributed by atoms with Crippen LogP contribution in [0.4, 0.5) is 0 Å². The Balaban J connectivity index is 2.51. The van der Waals surface area contributed by atoms with E-state index in [1.54, 1.807) is 31.2 Å². The molecule has 0 radical (unpaired) electrons. The van der Waals surface area contributed by atoms with Crippen molar-refractivity contribution in [3.63, 3.8) is 0 Å². The van der Waals surface area contributed by atoms with Crippen molar-refractivity contribution in [2.75, 3.05) is 0 Å². The van der Waals surface area contributed by atoms with E-state index in [0.717, 1.165) is 0 Å². The van der Waals surface area contributed by atoms with Crippen LogP contribution in [0.2, 0.25) is 0 Å². The predicted octanol–water partition coefficient (Wildman–Crippen LogP) is 2.47. The normalized spacial score (nSPS) is 10.0. The van der Waals surface area contributed by atoms with E-state index in [1.807, 2.05) is 6.07 Å². The molecule has 0 aliphatic heterocycles. The molecular weight excluding hydrogens is 232 g/mol. The fraction of sp³-hybridized carbons (Fsp3) is 0.154. The van der Waals surface area contributed by atoms with E-state index in [9.17, 15) is 4.79 Å². The largest absolute Gasteiger partial charge is 0.475 e. The number of rotatable bonds is 3. The van der Waals surface area contributed by atoms with E-state index in [-0.39, 0.29) is 11.7 Å². The van der Waals surface area contributed by atoms with Gasteiger partial charge in [-0.05, 0) is 24.6 Å². The van der Waals surface area contributed by atoms with E-state index in [0.29, 0.717) is 23.2 Å². The van der Waals surface area contributed by atoms with E-state index in [4.69, 9.17) is 14.8 Å². The number of benzene rings is 1. The summed E-state index contributed by atoms with van der Waals surface area (Å²) in [6.45, 7) is 1.81. The van der Waals surface area contributed by atoms with Crippen LogP contribution in [-0.2, 0) is 6.42 Å². The van der Waals surface area contributed by atoms with Crippen molar-refractivity contribution in [2.24, 2.45) is 0 Å². The number of carboxylic acid groups (broad SMARTS) is 1. The highest BCUT2D eigenvalue weighted by Crippen LogP contribution is 2.23. The number of aromatic nitrogens is 1. The van der Waals surface area contributed by atoms with Gasteiger partial charge in [-0.3, -0.25) is 0 Å². The van der Waals surface area contributed by atoms with E-state index >= 15 is 0 Å². The molecule has 1 aromatic carbocycles. The Kier molecular flexibility index (Phi) is 3.11. The molecule has 0 saturated carbocycles. The van der Waals surface area contributed by atoms with Crippen LogP contribution in [0.1, 0.15) is 28.7 Å². The molecule has 1 N–H and O–H groups in total. The summed E-state index contributed by atoms with van der Waals surface area (Å²) < 4.78 is 5.23. The molecule has 18 heavy (non-hydrogen) atoms. The Morgan fingerprint density at radius 2 is 2.33 bits per heavy atom. The Bertz CT molecular complexity index is 638. The minimum absolute atomic E-state index is 0.144. The molecule has 1 heterocycles. The highest BCUT2D eigenvalue weighted by Gasteiger charge is 2.18. The summed E-state index contributed by atoms with van der Waals surface area (Å²) in [7, 11) is 0. The van der Waals surface area contributed by atoms with Gasteiger partial charge in [-0.1, -0.05) is 13.0 Å². The average Bonchev–Trinajstić information content (AvgIpc) is 2.83. The smallest absolute Gasteiger partial charge is 0.373 e. The van der Waals surface area contributed by atoms with Crippen LogP contribution in [0.25, 0.3) is 11.5 Å². The lowest BCUT2D eigenvalue weighted by Gasteiger charge is -1.94. The average molecular weight is 242 g/mol. The summed E-state index contributed by atoms with van der Waals surface area (Å²) in [5, 5.41) is 17.8. The molecule has 5 nitrogen and oxygen atoms in total. The summed E-state index contributed by atoms with van der Waals surface area (Å²) in [5.41, 5.74) is 1.47. The van der Waals surface area contributed by atoms with Crippen molar-refractivity contribution in [3.8, 4) is 17.5 Å². The Morgan fingerprint density at radius 1 is 1.56 bits per heavy atom. The lowest BCUT2D eigenvalue weighted by Crippen LogP contribution is -1.98. The van der Waals surface area contributed by atoms with Crippen molar-refractivity contribution in [1.29, 1.82) is 5.26 Å². The molecular formula is C13H10N2O3. The first kappa shape index (κ1) is 11.9. The molecule has 0 bridgehead atoms. The van der Waals surface area contributed by atoms with Crippen molar-refractivity contribution < 1.29 is 14.3 Å². The molecule has 0 fully saturated rings. The molecule has 5 heteroatoms. The van der Waals surface area contributed by atoms with Gasteiger partial charge < -0.3 is 9.52 Å². The zero-order valence-corrected chi connectivity index (χ0v) is 9.67. The quantitative estimate of drug-likeness (QED) is 0.893. The maximum absolute atomic E-state index is 11.0. The summed E-state index contributed by atoms with van der Waals surface area (Å²) in [5.74, 6) is -1.06. The van der Waals surface area contributed by atoms with Crippen LogP contribution in [0.5, 0.6) is 0 Å². The third-order valence-electron chi connectivity index (χ3n) is 2.47. The van der Waals surface area contributed by atoms with Gasteiger partial charge in [-0.2, -0.15) is 5.26 Å². The molecule has 2 rings (SSSR count). The third kappa shape index (κ3) is 2.09. The molecule has 0 amide bonds. The monoisotopic (exact) mass is 242 g/mol. The van der Waals surface area contributed by atoms with Gasteiger partial charge in [0, 0.05) is 5.56 Å². The van der Waals surface area contributed by atoms with Crippen LogP contribution in [0.15, 0.2) is 28.7 Å². The molecule has 0 aliphatic carbocycles. The zero-order valence-electron chi connectivity index (χ0n) is 9.67. The number of carboxylic acids is 1. The molecule has 0 unspecified atom stereocenters.